The number of aromatic amines is 1. The average Bonchev–Trinajstić information content (AvgIpc) is 2.07. The summed E-state index contributed by atoms with van der Waals surface area (Å²) < 4.78 is 60.8. The van der Waals surface area contributed by atoms with Gasteiger partial charge in [-0.15, -0.1) is 0 Å². The Morgan fingerprint density at radius 2 is 1.80 bits per heavy atom. The van der Waals surface area contributed by atoms with Gasteiger partial charge in [0, 0.05) is 11.8 Å². The third-order valence-electron chi connectivity index (χ3n) is 1.63. The number of hydrogen-bond donors (Lipinski definition) is 1. The molecule has 0 atom stereocenters. The highest BCUT2D eigenvalue weighted by molar-refractivity contribution is 5.07. The van der Waals surface area contributed by atoms with Crippen LogP contribution < -0.4 is 5.56 Å². The van der Waals surface area contributed by atoms with Crippen molar-refractivity contribution in [3.63, 3.8) is 0 Å². The molecule has 0 aliphatic carbocycles. The lowest BCUT2D eigenvalue weighted by Crippen LogP contribution is -2.37. The molecule has 1 heterocycles. The van der Waals surface area contributed by atoms with Crippen molar-refractivity contribution >= 4 is 0 Å². The van der Waals surface area contributed by atoms with Crippen LogP contribution in [0.15, 0.2) is 11.0 Å². The molecule has 0 aliphatic rings. The van der Waals surface area contributed by atoms with E-state index in [2.05, 4.69) is 4.98 Å². The molecule has 1 rings (SSSR count). The Morgan fingerprint density at radius 1 is 1.27 bits per heavy atom. The average molecular weight is 228 g/mol. The molecule has 1 aromatic rings. The largest absolute Gasteiger partial charge is 0.461 e. The lowest BCUT2D eigenvalue weighted by molar-refractivity contribution is -0.292. The Hall–Kier alpha value is -1.47. The van der Waals surface area contributed by atoms with Gasteiger partial charge in [-0.2, -0.15) is 22.0 Å². The second-order valence-electron chi connectivity index (χ2n) is 2.82. The van der Waals surface area contributed by atoms with Gasteiger partial charge in [0.1, 0.15) is 0 Å². The minimum absolute atomic E-state index is 0.0447. The van der Waals surface area contributed by atoms with Crippen molar-refractivity contribution in [3.05, 3.63) is 27.9 Å². The van der Waals surface area contributed by atoms with Gasteiger partial charge in [-0.05, 0) is 6.92 Å². The molecule has 84 valence electrons. The molecule has 0 radical (unpaired) electrons. The summed E-state index contributed by atoms with van der Waals surface area (Å²) in [5.74, 6) is -6.86. The summed E-state index contributed by atoms with van der Waals surface area (Å²) >= 11 is 0. The second-order valence-corrected chi connectivity index (χ2v) is 2.82. The molecule has 0 aromatic carbocycles. The maximum Gasteiger partial charge on any atom is 0.461 e. The Balaban J connectivity index is 3.29. The van der Waals surface area contributed by atoms with Gasteiger partial charge in [-0.3, -0.25) is 4.79 Å². The molecule has 15 heavy (non-hydrogen) atoms. The van der Waals surface area contributed by atoms with Crippen molar-refractivity contribution in [3.8, 4) is 0 Å². The fraction of sp³-hybridized carbons (Fsp3) is 0.429. The van der Waals surface area contributed by atoms with Crippen LogP contribution in [0.2, 0.25) is 0 Å². The zero-order valence-corrected chi connectivity index (χ0v) is 7.32. The first-order valence-electron chi connectivity index (χ1n) is 3.67. The molecule has 8 heteroatoms. The van der Waals surface area contributed by atoms with Crippen LogP contribution in [0.4, 0.5) is 22.0 Å². The Labute approximate surface area is 80.0 Å². The summed E-state index contributed by atoms with van der Waals surface area (Å²) in [4.78, 5) is 15.1. The van der Waals surface area contributed by atoms with Crippen LogP contribution in [0.5, 0.6) is 0 Å². The Kier molecular flexibility index (Phi) is 2.54. The van der Waals surface area contributed by atoms with Gasteiger partial charge in [-0.1, -0.05) is 0 Å². The second kappa shape index (κ2) is 3.28. The molecule has 0 fully saturated rings. The molecule has 1 aromatic heterocycles. The summed E-state index contributed by atoms with van der Waals surface area (Å²) in [6, 6.07) is 0. The van der Waals surface area contributed by atoms with E-state index in [1.165, 1.54) is 11.9 Å². The van der Waals surface area contributed by atoms with Gasteiger partial charge < -0.3 is 4.98 Å². The maximum atomic E-state index is 12.6. The van der Waals surface area contributed by atoms with Crippen LogP contribution in [0, 0.1) is 6.92 Å². The van der Waals surface area contributed by atoms with Crippen molar-refractivity contribution < 1.29 is 22.0 Å². The monoisotopic (exact) mass is 228 g/mol. The van der Waals surface area contributed by atoms with Crippen molar-refractivity contribution in [1.29, 1.82) is 0 Å². The highest BCUT2D eigenvalue weighted by atomic mass is 19.4. The molecule has 0 saturated carbocycles. The number of aryl methyl sites for hydroxylation is 1. The van der Waals surface area contributed by atoms with Crippen LogP contribution in [-0.2, 0) is 5.92 Å². The van der Waals surface area contributed by atoms with Crippen molar-refractivity contribution in [2.75, 3.05) is 0 Å². The van der Waals surface area contributed by atoms with E-state index in [1.807, 2.05) is 0 Å². The third kappa shape index (κ3) is 1.97. The van der Waals surface area contributed by atoms with Gasteiger partial charge in [0.05, 0.1) is 0 Å². The lowest BCUT2D eigenvalue weighted by atomic mass is 10.3. The minimum Gasteiger partial charge on any atom is -0.305 e. The van der Waals surface area contributed by atoms with Gasteiger partial charge in [-0.25, -0.2) is 4.98 Å². The maximum absolute atomic E-state index is 12.6. The van der Waals surface area contributed by atoms with E-state index in [-0.39, 0.29) is 5.56 Å². The van der Waals surface area contributed by atoms with E-state index < -0.39 is 23.5 Å². The molecule has 0 aliphatic heterocycles. The highest BCUT2D eigenvalue weighted by Gasteiger charge is 2.60. The van der Waals surface area contributed by atoms with Crippen LogP contribution in [0.1, 0.15) is 11.4 Å². The minimum atomic E-state index is -5.78. The molecule has 0 amide bonds. The van der Waals surface area contributed by atoms with E-state index in [9.17, 15) is 26.7 Å². The third-order valence-corrected chi connectivity index (χ3v) is 1.63. The summed E-state index contributed by atoms with van der Waals surface area (Å²) in [6.45, 7) is 1.24. The van der Waals surface area contributed by atoms with Gasteiger partial charge in [0.25, 0.3) is 5.56 Å². The predicted octanol–water partition coefficient (Wildman–Crippen LogP) is 1.73. The van der Waals surface area contributed by atoms with Crippen molar-refractivity contribution in [1.82, 2.24) is 9.97 Å². The summed E-state index contributed by atoms with van der Waals surface area (Å²) in [5, 5.41) is 0. The highest BCUT2D eigenvalue weighted by Crippen LogP contribution is 2.41. The number of nitrogens with zero attached hydrogens (tertiary/aromatic N) is 1. The number of nitrogens with one attached hydrogen (secondary N) is 1. The predicted molar refractivity (Wildman–Crippen MR) is 39.5 cm³/mol. The normalized spacial score (nSPS) is 12.9. The van der Waals surface area contributed by atoms with E-state index in [1.54, 1.807) is 0 Å². The first-order chi connectivity index (χ1) is 6.66. The summed E-state index contributed by atoms with van der Waals surface area (Å²) in [6.07, 6.45) is -5.12. The Morgan fingerprint density at radius 3 is 2.20 bits per heavy atom. The zero-order valence-electron chi connectivity index (χ0n) is 7.32. The number of alkyl halides is 5. The van der Waals surface area contributed by atoms with Crippen molar-refractivity contribution in [2.45, 2.75) is 19.0 Å². The number of rotatable bonds is 1. The molecule has 0 spiro atoms. The molecule has 3 nitrogen and oxygen atoms in total. The van der Waals surface area contributed by atoms with Crippen molar-refractivity contribution in [2.24, 2.45) is 0 Å². The standard InChI is InChI=1S/C7H5F5N2O/c1-3-2-13-5(14-4(3)15)6(8,9)7(10,11)12/h2H,1H3,(H,13,14,15). The molecule has 0 unspecified atom stereocenters. The van der Waals surface area contributed by atoms with Gasteiger partial charge in [0.2, 0.25) is 0 Å². The van der Waals surface area contributed by atoms with Crippen LogP contribution in [0.3, 0.4) is 0 Å². The zero-order chi connectivity index (χ0) is 11.9. The van der Waals surface area contributed by atoms with E-state index in [0.29, 0.717) is 6.20 Å². The van der Waals surface area contributed by atoms with Gasteiger partial charge >= 0.3 is 12.1 Å². The smallest absolute Gasteiger partial charge is 0.305 e. The first-order valence-corrected chi connectivity index (χ1v) is 3.67. The fourth-order valence-corrected chi connectivity index (χ4v) is 0.752. The fourth-order valence-electron chi connectivity index (χ4n) is 0.752. The van der Waals surface area contributed by atoms with Gasteiger partial charge in [0.15, 0.2) is 5.82 Å². The van der Waals surface area contributed by atoms with Crippen LogP contribution >= 0.6 is 0 Å². The quantitative estimate of drug-likeness (QED) is 0.744. The molecular formula is C7H5F5N2O. The summed E-state index contributed by atoms with van der Waals surface area (Å²) in [7, 11) is 0. The number of halogens is 5. The van der Waals surface area contributed by atoms with Crippen LogP contribution in [-0.4, -0.2) is 16.1 Å². The number of hydrogen-bond acceptors (Lipinski definition) is 2. The Bertz CT molecular complexity index is 422. The van der Waals surface area contributed by atoms with E-state index >= 15 is 0 Å². The molecule has 0 saturated heterocycles. The molecule has 1 N–H and O–H groups in total. The van der Waals surface area contributed by atoms with E-state index in [0.717, 1.165) is 0 Å². The SMILES string of the molecule is Cc1cnc(C(F)(F)C(F)(F)F)[nH]c1=O. The molecular weight excluding hydrogens is 223 g/mol. The number of H-pyrrole nitrogens is 1. The number of aromatic nitrogens is 2. The summed E-state index contributed by atoms with van der Waals surface area (Å²) in [5.41, 5.74) is -1.07. The van der Waals surface area contributed by atoms with Crippen LogP contribution in [0.25, 0.3) is 0 Å². The van der Waals surface area contributed by atoms with E-state index in [4.69, 9.17) is 0 Å². The topological polar surface area (TPSA) is 45.8 Å². The lowest BCUT2D eigenvalue weighted by Gasteiger charge is -2.17. The molecule has 0 bridgehead atoms. The first kappa shape index (κ1) is 11.6.